The van der Waals surface area contributed by atoms with E-state index in [1.807, 2.05) is 11.6 Å². The summed E-state index contributed by atoms with van der Waals surface area (Å²) in [5, 5.41) is 0.306. The minimum atomic E-state index is -3.94. The van der Waals surface area contributed by atoms with Gasteiger partial charge in [-0.1, -0.05) is 30.7 Å². The predicted molar refractivity (Wildman–Crippen MR) is 131 cm³/mol. The van der Waals surface area contributed by atoms with Crippen LogP contribution in [0.4, 0.5) is 4.39 Å². The summed E-state index contributed by atoms with van der Waals surface area (Å²) < 4.78 is 45.2. The van der Waals surface area contributed by atoms with Crippen LogP contribution in [0, 0.1) is 5.82 Å². The van der Waals surface area contributed by atoms with E-state index in [0.29, 0.717) is 31.2 Å². The van der Waals surface area contributed by atoms with E-state index in [4.69, 9.17) is 16.3 Å². The molecule has 1 N–H and O–H groups in total. The number of sulfonamides is 1. The van der Waals surface area contributed by atoms with E-state index in [9.17, 15) is 22.4 Å². The number of carbonyl (C=O) groups is 2. The Bertz CT molecular complexity index is 1160. The van der Waals surface area contributed by atoms with Gasteiger partial charge in [-0.2, -0.15) is 0 Å². The molecular formula is C24H29ClFN3O5S. The summed E-state index contributed by atoms with van der Waals surface area (Å²) in [6.45, 7) is 5.40. The molecule has 2 amide bonds. The molecule has 2 aromatic carbocycles. The van der Waals surface area contributed by atoms with Crippen LogP contribution in [0.3, 0.4) is 0 Å². The van der Waals surface area contributed by atoms with Gasteiger partial charge in [-0.25, -0.2) is 12.8 Å². The highest BCUT2D eigenvalue weighted by molar-refractivity contribution is 7.89. The van der Waals surface area contributed by atoms with Gasteiger partial charge in [-0.3, -0.25) is 19.2 Å². The highest BCUT2D eigenvalue weighted by Gasteiger charge is 2.29. The second-order valence-corrected chi connectivity index (χ2v) is 10.6. The summed E-state index contributed by atoms with van der Waals surface area (Å²) in [5.74, 6) is -1.49. The molecule has 0 aromatic heterocycles. The molecule has 1 atom stereocenters. The standard InChI is InChI=1S/C24H29ClFN3O5S/c1-3-22-14-28(13-18-4-7-21(26)8-5-18)10-11-29(22)24(31)15-34-23-9-6-20(25)12-19(23)16-35(32,33)27-17(2)30/h4-9,12,22H,3,10-11,13-16H2,1-2H3,(H,27,30)/t22-/m1/s1. The fourth-order valence-corrected chi connectivity index (χ4v) is 5.41. The summed E-state index contributed by atoms with van der Waals surface area (Å²) in [5.41, 5.74) is 1.25. The van der Waals surface area contributed by atoms with Crippen molar-refractivity contribution in [1.82, 2.24) is 14.5 Å². The van der Waals surface area contributed by atoms with Crippen molar-refractivity contribution in [2.24, 2.45) is 0 Å². The third-order valence-corrected chi connectivity index (χ3v) is 7.22. The Hall–Kier alpha value is -2.69. The molecule has 8 nitrogen and oxygen atoms in total. The summed E-state index contributed by atoms with van der Waals surface area (Å²) in [4.78, 5) is 28.2. The second kappa shape index (κ2) is 11.8. The molecule has 1 aliphatic rings. The molecule has 1 saturated heterocycles. The zero-order valence-corrected chi connectivity index (χ0v) is 21.2. The van der Waals surface area contributed by atoms with Gasteiger partial charge in [0.05, 0.1) is 5.75 Å². The Balaban J connectivity index is 1.62. The summed E-state index contributed by atoms with van der Waals surface area (Å²) in [7, 11) is -3.94. The van der Waals surface area contributed by atoms with Crippen LogP contribution in [0.1, 0.15) is 31.4 Å². The quantitative estimate of drug-likeness (QED) is 0.541. The first-order valence-corrected chi connectivity index (χ1v) is 13.3. The number of benzene rings is 2. The fourth-order valence-electron chi connectivity index (χ4n) is 4.07. The van der Waals surface area contributed by atoms with E-state index < -0.39 is 21.7 Å². The largest absolute Gasteiger partial charge is 0.483 e. The van der Waals surface area contributed by atoms with Crippen LogP contribution in [-0.2, 0) is 31.9 Å². The van der Waals surface area contributed by atoms with Crippen molar-refractivity contribution in [1.29, 1.82) is 0 Å². The minimum Gasteiger partial charge on any atom is -0.483 e. The van der Waals surface area contributed by atoms with Crippen molar-refractivity contribution in [3.05, 3.63) is 64.4 Å². The normalized spacial score (nSPS) is 16.7. The first-order valence-electron chi connectivity index (χ1n) is 11.2. The second-order valence-electron chi connectivity index (χ2n) is 8.47. The van der Waals surface area contributed by atoms with Crippen molar-refractivity contribution in [3.63, 3.8) is 0 Å². The smallest absolute Gasteiger partial charge is 0.260 e. The molecule has 0 bridgehead atoms. The van der Waals surface area contributed by atoms with Gasteiger partial charge < -0.3 is 9.64 Å². The van der Waals surface area contributed by atoms with Crippen LogP contribution < -0.4 is 9.46 Å². The van der Waals surface area contributed by atoms with Gasteiger partial charge in [0, 0.05) is 49.7 Å². The van der Waals surface area contributed by atoms with E-state index in [0.717, 1.165) is 18.9 Å². The third kappa shape index (κ3) is 7.91. The van der Waals surface area contributed by atoms with Gasteiger partial charge in [0.25, 0.3) is 5.91 Å². The summed E-state index contributed by atoms with van der Waals surface area (Å²) in [6.07, 6.45) is 0.757. The lowest BCUT2D eigenvalue weighted by molar-refractivity contribution is -0.138. The van der Waals surface area contributed by atoms with E-state index in [-0.39, 0.29) is 35.7 Å². The van der Waals surface area contributed by atoms with Crippen LogP contribution in [-0.4, -0.2) is 62.3 Å². The molecule has 1 aliphatic heterocycles. The average molecular weight is 526 g/mol. The van der Waals surface area contributed by atoms with Crippen LogP contribution >= 0.6 is 11.6 Å². The number of amides is 2. The zero-order valence-electron chi connectivity index (χ0n) is 19.7. The SMILES string of the molecule is CC[C@@H]1CN(Cc2ccc(F)cc2)CCN1C(=O)COc1ccc(Cl)cc1CS(=O)(=O)NC(C)=O. The number of hydrogen-bond donors (Lipinski definition) is 1. The monoisotopic (exact) mass is 525 g/mol. The number of hydrogen-bond acceptors (Lipinski definition) is 6. The molecule has 0 radical (unpaired) electrons. The minimum absolute atomic E-state index is 0.00914. The molecule has 11 heteroatoms. The molecule has 190 valence electrons. The highest BCUT2D eigenvalue weighted by Crippen LogP contribution is 2.25. The topological polar surface area (TPSA) is 96.0 Å². The number of rotatable bonds is 9. The van der Waals surface area contributed by atoms with E-state index in [1.54, 1.807) is 23.1 Å². The number of halogens is 2. The maximum atomic E-state index is 13.2. The Morgan fingerprint density at radius 3 is 2.54 bits per heavy atom. The summed E-state index contributed by atoms with van der Waals surface area (Å²) >= 11 is 6.02. The Labute approximate surface area is 210 Å². The lowest BCUT2D eigenvalue weighted by atomic mass is 10.1. The third-order valence-electron chi connectivity index (χ3n) is 5.70. The van der Waals surface area contributed by atoms with Crippen molar-refractivity contribution in [2.45, 2.75) is 38.6 Å². The summed E-state index contributed by atoms with van der Waals surface area (Å²) in [6, 6.07) is 10.9. The molecule has 0 unspecified atom stereocenters. The maximum Gasteiger partial charge on any atom is 0.260 e. The Morgan fingerprint density at radius 1 is 1.17 bits per heavy atom. The van der Waals surface area contributed by atoms with Crippen LogP contribution in [0.15, 0.2) is 42.5 Å². The van der Waals surface area contributed by atoms with Crippen LogP contribution in [0.25, 0.3) is 0 Å². The van der Waals surface area contributed by atoms with Gasteiger partial charge in [0.2, 0.25) is 15.9 Å². The van der Waals surface area contributed by atoms with Gasteiger partial charge in [-0.05, 0) is 42.3 Å². The lowest BCUT2D eigenvalue weighted by Gasteiger charge is -2.41. The highest BCUT2D eigenvalue weighted by atomic mass is 35.5. The molecular weight excluding hydrogens is 497 g/mol. The zero-order chi connectivity index (χ0) is 25.6. The van der Waals surface area contributed by atoms with Gasteiger partial charge in [0.15, 0.2) is 6.61 Å². The van der Waals surface area contributed by atoms with Gasteiger partial charge in [0.1, 0.15) is 11.6 Å². The number of piperazine rings is 1. The van der Waals surface area contributed by atoms with Crippen LogP contribution in [0.2, 0.25) is 5.02 Å². The van der Waals surface area contributed by atoms with Gasteiger partial charge in [-0.15, -0.1) is 0 Å². The molecule has 1 heterocycles. The molecule has 2 aromatic rings. The van der Waals surface area contributed by atoms with Crippen molar-refractivity contribution >= 4 is 33.4 Å². The average Bonchev–Trinajstić information content (AvgIpc) is 2.78. The predicted octanol–water partition coefficient (Wildman–Crippen LogP) is 2.95. The molecule has 1 fully saturated rings. The molecule has 3 rings (SSSR count). The van der Waals surface area contributed by atoms with E-state index in [1.165, 1.54) is 24.3 Å². The molecule has 0 saturated carbocycles. The lowest BCUT2D eigenvalue weighted by Crippen LogP contribution is -2.55. The maximum absolute atomic E-state index is 13.2. The molecule has 35 heavy (non-hydrogen) atoms. The molecule has 0 aliphatic carbocycles. The first-order chi connectivity index (χ1) is 16.6. The number of nitrogens with one attached hydrogen (secondary N) is 1. The Morgan fingerprint density at radius 2 is 1.89 bits per heavy atom. The van der Waals surface area contributed by atoms with Crippen molar-refractivity contribution in [2.75, 3.05) is 26.2 Å². The number of nitrogens with zero attached hydrogens (tertiary/aromatic N) is 2. The Kier molecular flexibility index (Phi) is 9.09. The van der Waals surface area contributed by atoms with Crippen LogP contribution in [0.5, 0.6) is 5.75 Å². The van der Waals surface area contributed by atoms with E-state index >= 15 is 0 Å². The van der Waals surface area contributed by atoms with Crippen molar-refractivity contribution in [3.8, 4) is 5.75 Å². The number of carbonyl (C=O) groups excluding carboxylic acids is 2. The van der Waals surface area contributed by atoms with Gasteiger partial charge >= 0.3 is 0 Å². The van der Waals surface area contributed by atoms with Crippen molar-refractivity contribution < 1.29 is 27.1 Å². The number of ether oxygens (including phenoxy) is 1. The van der Waals surface area contributed by atoms with E-state index in [2.05, 4.69) is 4.90 Å². The fraction of sp³-hybridized carbons (Fsp3) is 0.417. The molecule has 0 spiro atoms. The first kappa shape index (κ1) is 26.9.